The fourth-order valence-electron chi connectivity index (χ4n) is 2.79. The summed E-state index contributed by atoms with van der Waals surface area (Å²) in [4.78, 5) is 12.0. The lowest BCUT2D eigenvalue weighted by molar-refractivity contribution is -0.125. The summed E-state index contributed by atoms with van der Waals surface area (Å²) in [6, 6.07) is 5.95. The molecule has 1 aromatic carbocycles. The van der Waals surface area contributed by atoms with Crippen LogP contribution in [0.2, 0.25) is 0 Å². The number of ether oxygens (including phenoxy) is 2. The highest BCUT2D eigenvalue weighted by molar-refractivity contribution is 5.85. The van der Waals surface area contributed by atoms with Crippen molar-refractivity contribution in [2.24, 2.45) is 11.7 Å². The summed E-state index contributed by atoms with van der Waals surface area (Å²) in [7, 11) is 0. The molecule has 2 aliphatic rings. The van der Waals surface area contributed by atoms with Gasteiger partial charge < -0.3 is 20.5 Å². The lowest BCUT2D eigenvalue weighted by Gasteiger charge is -2.19. The molecule has 1 fully saturated rings. The molecule has 1 heterocycles. The molecule has 1 saturated carbocycles. The van der Waals surface area contributed by atoms with E-state index in [1.807, 2.05) is 18.2 Å². The highest BCUT2D eigenvalue weighted by atomic mass is 35.5. The number of rotatable bonds is 3. The molecule has 1 aliphatic carbocycles. The van der Waals surface area contributed by atoms with Gasteiger partial charge in [0.25, 0.3) is 0 Å². The zero-order valence-electron chi connectivity index (χ0n) is 11.8. The minimum absolute atomic E-state index is 0. The number of carbonyl (C=O) groups is 1. The Bertz CT molecular complexity index is 510. The summed E-state index contributed by atoms with van der Waals surface area (Å²) in [5.74, 6) is 1.70. The second-order valence-corrected chi connectivity index (χ2v) is 5.47. The predicted octanol–water partition coefficient (Wildman–Crippen LogP) is 1.62. The average Bonchev–Trinajstić information content (AvgIpc) is 2.91. The number of benzene rings is 1. The molecular formula is C15H21ClN2O3. The minimum atomic E-state index is 0. The molecule has 0 saturated heterocycles. The number of hydrogen-bond donors (Lipinski definition) is 2. The molecule has 1 aliphatic heterocycles. The van der Waals surface area contributed by atoms with Crippen LogP contribution in [0.3, 0.4) is 0 Å². The molecular weight excluding hydrogens is 292 g/mol. The second kappa shape index (κ2) is 7.00. The number of halogens is 1. The normalized spacial score (nSPS) is 23.3. The number of hydrogen-bond acceptors (Lipinski definition) is 4. The van der Waals surface area contributed by atoms with Gasteiger partial charge in [0, 0.05) is 18.5 Å². The second-order valence-electron chi connectivity index (χ2n) is 5.47. The van der Waals surface area contributed by atoms with E-state index >= 15 is 0 Å². The molecule has 5 nitrogen and oxygen atoms in total. The number of nitrogens with two attached hydrogens (primary N) is 1. The van der Waals surface area contributed by atoms with Gasteiger partial charge in [0.15, 0.2) is 11.5 Å². The highest BCUT2D eigenvalue weighted by Gasteiger charge is 2.27. The monoisotopic (exact) mass is 312 g/mol. The Hall–Kier alpha value is -1.46. The van der Waals surface area contributed by atoms with Crippen molar-refractivity contribution < 1.29 is 14.3 Å². The molecule has 0 radical (unpaired) electrons. The summed E-state index contributed by atoms with van der Waals surface area (Å²) in [6.45, 7) is 1.68. The molecule has 3 rings (SSSR count). The Kier molecular flexibility index (Phi) is 5.31. The Balaban J connectivity index is 0.00000161. The van der Waals surface area contributed by atoms with Gasteiger partial charge in [-0.05, 0) is 37.0 Å². The molecule has 116 valence electrons. The van der Waals surface area contributed by atoms with Crippen LogP contribution < -0.4 is 20.5 Å². The molecule has 0 bridgehead atoms. The van der Waals surface area contributed by atoms with Crippen LogP contribution in [0.15, 0.2) is 18.2 Å². The first kappa shape index (κ1) is 15.9. The van der Waals surface area contributed by atoms with E-state index in [0.29, 0.717) is 19.8 Å². The maximum absolute atomic E-state index is 12.0. The number of nitrogens with one attached hydrogen (secondary N) is 1. The third-order valence-corrected chi connectivity index (χ3v) is 3.92. The molecule has 1 aromatic rings. The van der Waals surface area contributed by atoms with E-state index in [0.717, 1.165) is 36.3 Å². The smallest absolute Gasteiger partial charge is 0.223 e. The Morgan fingerprint density at radius 2 is 2.00 bits per heavy atom. The zero-order chi connectivity index (χ0) is 13.9. The minimum Gasteiger partial charge on any atom is -0.486 e. The number of carbonyl (C=O) groups excluding carboxylic acids is 1. The first-order valence-corrected chi connectivity index (χ1v) is 7.14. The molecule has 21 heavy (non-hydrogen) atoms. The molecule has 3 N–H and O–H groups in total. The van der Waals surface area contributed by atoms with Gasteiger partial charge in [0.1, 0.15) is 13.2 Å². The van der Waals surface area contributed by atoms with Crippen molar-refractivity contribution in [2.75, 3.05) is 13.2 Å². The Labute approximate surface area is 130 Å². The quantitative estimate of drug-likeness (QED) is 0.889. The van der Waals surface area contributed by atoms with Crippen molar-refractivity contribution in [1.29, 1.82) is 0 Å². The first-order valence-electron chi connectivity index (χ1n) is 7.14. The zero-order valence-corrected chi connectivity index (χ0v) is 12.7. The summed E-state index contributed by atoms with van der Waals surface area (Å²) in [5.41, 5.74) is 6.85. The van der Waals surface area contributed by atoms with Gasteiger partial charge in [0.05, 0.1) is 0 Å². The van der Waals surface area contributed by atoms with Crippen molar-refractivity contribution in [1.82, 2.24) is 5.32 Å². The van der Waals surface area contributed by atoms with E-state index in [1.54, 1.807) is 0 Å². The van der Waals surface area contributed by atoms with Crippen LogP contribution in [-0.2, 0) is 11.3 Å². The van der Waals surface area contributed by atoms with Crippen LogP contribution >= 0.6 is 12.4 Å². The highest BCUT2D eigenvalue weighted by Crippen LogP contribution is 2.30. The van der Waals surface area contributed by atoms with Gasteiger partial charge >= 0.3 is 0 Å². The van der Waals surface area contributed by atoms with Crippen molar-refractivity contribution in [3.05, 3.63) is 23.8 Å². The van der Waals surface area contributed by atoms with Crippen LogP contribution in [-0.4, -0.2) is 25.2 Å². The molecule has 1 amide bonds. The molecule has 0 spiro atoms. The van der Waals surface area contributed by atoms with Crippen LogP contribution in [0.4, 0.5) is 0 Å². The standard InChI is InChI=1S/C15H20N2O3.ClH/c16-12-3-2-11(8-12)15(18)17-9-10-1-4-13-14(7-10)20-6-5-19-13;/h1,4,7,11-12H,2-3,5-6,8-9,16H2,(H,17,18);1H. The van der Waals surface area contributed by atoms with E-state index in [1.165, 1.54) is 0 Å². The lowest BCUT2D eigenvalue weighted by Crippen LogP contribution is -2.30. The van der Waals surface area contributed by atoms with Crippen LogP contribution in [0.25, 0.3) is 0 Å². The fourth-order valence-corrected chi connectivity index (χ4v) is 2.79. The SMILES string of the molecule is Cl.NC1CCC(C(=O)NCc2ccc3c(c2)OCCO3)C1. The van der Waals surface area contributed by atoms with E-state index in [4.69, 9.17) is 15.2 Å². The van der Waals surface area contributed by atoms with Gasteiger partial charge in [-0.3, -0.25) is 4.79 Å². The van der Waals surface area contributed by atoms with Gasteiger partial charge in [0.2, 0.25) is 5.91 Å². The molecule has 6 heteroatoms. The summed E-state index contributed by atoms with van der Waals surface area (Å²) >= 11 is 0. The van der Waals surface area contributed by atoms with Crippen LogP contribution in [0, 0.1) is 5.92 Å². The van der Waals surface area contributed by atoms with Gasteiger partial charge in [-0.2, -0.15) is 0 Å². The van der Waals surface area contributed by atoms with Crippen molar-refractivity contribution in [3.8, 4) is 11.5 Å². The van der Waals surface area contributed by atoms with E-state index in [2.05, 4.69) is 5.32 Å². The number of amides is 1. The number of fused-ring (bicyclic) bond motifs is 1. The third-order valence-electron chi connectivity index (χ3n) is 3.92. The molecule has 0 aromatic heterocycles. The topological polar surface area (TPSA) is 73.6 Å². The fraction of sp³-hybridized carbons (Fsp3) is 0.533. The van der Waals surface area contributed by atoms with Gasteiger partial charge in [-0.1, -0.05) is 6.07 Å². The third kappa shape index (κ3) is 3.80. The molecule has 2 unspecified atom stereocenters. The summed E-state index contributed by atoms with van der Waals surface area (Å²) in [6.07, 6.45) is 2.64. The van der Waals surface area contributed by atoms with Crippen molar-refractivity contribution in [3.63, 3.8) is 0 Å². The van der Waals surface area contributed by atoms with Crippen molar-refractivity contribution in [2.45, 2.75) is 31.8 Å². The summed E-state index contributed by atoms with van der Waals surface area (Å²) < 4.78 is 11.0. The summed E-state index contributed by atoms with van der Waals surface area (Å²) in [5, 5.41) is 2.98. The van der Waals surface area contributed by atoms with E-state index in [9.17, 15) is 4.79 Å². The molecule has 2 atom stereocenters. The van der Waals surface area contributed by atoms with Crippen molar-refractivity contribution >= 4 is 18.3 Å². The van der Waals surface area contributed by atoms with E-state index in [-0.39, 0.29) is 30.3 Å². The van der Waals surface area contributed by atoms with Crippen LogP contribution in [0.1, 0.15) is 24.8 Å². The average molecular weight is 313 g/mol. The first-order chi connectivity index (χ1) is 9.72. The Morgan fingerprint density at radius 3 is 2.71 bits per heavy atom. The Morgan fingerprint density at radius 1 is 1.24 bits per heavy atom. The van der Waals surface area contributed by atoms with E-state index < -0.39 is 0 Å². The van der Waals surface area contributed by atoms with Crippen LogP contribution in [0.5, 0.6) is 11.5 Å². The maximum Gasteiger partial charge on any atom is 0.223 e. The van der Waals surface area contributed by atoms with Gasteiger partial charge in [-0.15, -0.1) is 12.4 Å². The predicted molar refractivity (Wildman–Crippen MR) is 81.8 cm³/mol. The largest absolute Gasteiger partial charge is 0.486 e. The van der Waals surface area contributed by atoms with Gasteiger partial charge in [-0.25, -0.2) is 0 Å². The lowest BCUT2D eigenvalue weighted by atomic mass is 10.1. The maximum atomic E-state index is 12.0.